The zero-order valence-corrected chi connectivity index (χ0v) is 16.2. The molecule has 2 atom stereocenters. The molecule has 26 heavy (non-hydrogen) atoms. The number of ether oxygens (including phenoxy) is 1. The van der Waals surface area contributed by atoms with E-state index in [0.717, 1.165) is 12.0 Å². The van der Waals surface area contributed by atoms with Crippen molar-refractivity contribution in [2.45, 2.75) is 31.3 Å². The van der Waals surface area contributed by atoms with Crippen molar-refractivity contribution < 1.29 is 9.53 Å². The van der Waals surface area contributed by atoms with Gasteiger partial charge in [-0.15, -0.1) is 0 Å². The maximum atomic E-state index is 12.5. The SMILES string of the molecule is COCCC(=O)NC(C)(CC(c1ccccc1)N(C)C)c1ccccc1. The van der Waals surface area contributed by atoms with E-state index in [-0.39, 0.29) is 11.9 Å². The molecule has 2 aromatic rings. The van der Waals surface area contributed by atoms with Gasteiger partial charge in [0.25, 0.3) is 0 Å². The summed E-state index contributed by atoms with van der Waals surface area (Å²) >= 11 is 0. The van der Waals surface area contributed by atoms with E-state index in [9.17, 15) is 4.79 Å². The Balaban J connectivity index is 2.32. The standard InChI is InChI=1S/C22H30N2O2/c1-22(19-13-9-6-10-14-19,23-21(25)15-16-26-4)17-20(24(2)3)18-11-7-5-8-12-18/h5-14,20H,15-17H2,1-4H3,(H,23,25). The zero-order chi connectivity index (χ0) is 19.0. The van der Waals surface area contributed by atoms with Crippen LogP contribution in [0.4, 0.5) is 0 Å². The fourth-order valence-corrected chi connectivity index (χ4v) is 3.27. The van der Waals surface area contributed by atoms with E-state index >= 15 is 0 Å². The molecular weight excluding hydrogens is 324 g/mol. The highest BCUT2D eigenvalue weighted by Gasteiger charge is 2.33. The van der Waals surface area contributed by atoms with Gasteiger partial charge in [-0.2, -0.15) is 0 Å². The molecule has 0 saturated heterocycles. The third-order valence-electron chi connectivity index (χ3n) is 4.77. The molecule has 2 unspecified atom stereocenters. The highest BCUT2D eigenvalue weighted by molar-refractivity contribution is 5.77. The molecule has 4 nitrogen and oxygen atoms in total. The predicted octanol–water partition coefficient (Wildman–Crippen LogP) is 3.75. The van der Waals surface area contributed by atoms with Crippen LogP contribution in [0.5, 0.6) is 0 Å². The molecule has 0 radical (unpaired) electrons. The maximum absolute atomic E-state index is 12.5. The van der Waals surface area contributed by atoms with Crippen LogP contribution >= 0.6 is 0 Å². The van der Waals surface area contributed by atoms with E-state index in [1.54, 1.807) is 7.11 Å². The molecule has 0 aromatic heterocycles. The fraction of sp³-hybridized carbons (Fsp3) is 0.409. The molecule has 0 fully saturated rings. The van der Waals surface area contributed by atoms with Crippen molar-refractivity contribution in [3.05, 3.63) is 71.8 Å². The minimum absolute atomic E-state index is 0.00349. The predicted molar refractivity (Wildman–Crippen MR) is 106 cm³/mol. The van der Waals surface area contributed by atoms with E-state index in [4.69, 9.17) is 4.74 Å². The summed E-state index contributed by atoms with van der Waals surface area (Å²) in [6.45, 7) is 2.53. The van der Waals surface area contributed by atoms with Crippen molar-refractivity contribution in [1.82, 2.24) is 10.2 Å². The van der Waals surface area contributed by atoms with Crippen molar-refractivity contribution in [2.24, 2.45) is 0 Å². The number of benzene rings is 2. The Kier molecular flexibility index (Phi) is 7.37. The van der Waals surface area contributed by atoms with Gasteiger partial charge in [0.2, 0.25) is 5.91 Å². The number of nitrogens with zero attached hydrogens (tertiary/aromatic N) is 1. The molecule has 0 bridgehead atoms. The van der Waals surface area contributed by atoms with E-state index in [0.29, 0.717) is 13.0 Å². The van der Waals surface area contributed by atoms with Crippen LogP contribution in [0.2, 0.25) is 0 Å². The van der Waals surface area contributed by atoms with Gasteiger partial charge in [-0.3, -0.25) is 4.79 Å². The smallest absolute Gasteiger partial charge is 0.223 e. The molecular formula is C22H30N2O2. The first-order valence-corrected chi connectivity index (χ1v) is 9.03. The van der Waals surface area contributed by atoms with Gasteiger partial charge in [0.15, 0.2) is 0 Å². The van der Waals surface area contributed by atoms with Crippen LogP contribution in [-0.4, -0.2) is 38.6 Å². The summed E-state index contributed by atoms with van der Waals surface area (Å²) in [6, 6.07) is 20.8. The monoisotopic (exact) mass is 354 g/mol. The lowest BCUT2D eigenvalue weighted by Crippen LogP contribution is -2.46. The third kappa shape index (κ3) is 5.41. The van der Waals surface area contributed by atoms with E-state index in [1.807, 2.05) is 24.3 Å². The van der Waals surface area contributed by atoms with Gasteiger partial charge < -0.3 is 15.0 Å². The number of nitrogens with one attached hydrogen (secondary N) is 1. The Hall–Kier alpha value is -2.17. The van der Waals surface area contributed by atoms with Crippen LogP contribution in [0.3, 0.4) is 0 Å². The number of hydrogen-bond donors (Lipinski definition) is 1. The lowest BCUT2D eigenvalue weighted by Gasteiger charge is -2.37. The molecule has 4 heteroatoms. The van der Waals surface area contributed by atoms with Gasteiger partial charge in [-0.1, -0.05) is 60.7 Å². The molecule has 1 amide bonds. The van der Waals surface area contributed by atoms with E-state index in [2.05, 4.69) is 67.6 Å². The lowest BCUT2D eigenvalue weighted by molar-refractivity contribution is -0.124. The minimum Gasteiger partial charge on any atom is -0.384 e. The van der Waals surface area contributed by atoms with Crippen molar-refractivity contribution >= 4 is 5.91 Å². The highest BCUT2D eigenvalue weighted by Crippen LogP contribution is 2.34. The van der Waals surface area contributed by atoms with Crippen LogP contribution in [-0.2, 0) is 15.1 Å². The Morgan fingerprint density at radius 1 is 1.08 bits per heavy atom. The summed E-state index contributed by atoms with van der Waals surface area (Å²) in [5.41, 5.74) is 1.87. The Morgan fingerprint density at radius 3 is 2.19 bits per heavy atom. The number of rotatable bonds is 9. The van der Waals surface area contributed by atoms with Gasteiger partial charge in [-0.25, -0.2) is 0 Å². The normalized spacial score (nSPS) is 14.7. The topological polar surface area (TPSA) is 41.6 Å². The second-order valence-corrected chi connectivity index (χ2v) is 7.08. The van der Waals surface area contributed by atoms with Crippen LogP contribution < -0.4 is 5.32 Å². The number of amides is 1. The minimum atomic E-state index is -0.475. The van der Waals surface area contributed by atoms with Gasteiger partial charge in [0.1, 0.15) is 0 Å². The molecule has 0 aliphatic heterocycles. The first-order valence-electron chi connectivity index (χ1n) is 9.03. The molecule has 2 aromatic carbocycles. The quantitative estimate of drug-likeness (QED) is 0.746. The van der Waals surface area contributed by atoms with Gasteiger partial charge >= 0.3 is 0 Å². The van der Waals surface area contributed by atoms with Crippen LogP contribution in [0.25, 0.3) is 0 Å². The number of carbonyl (C=O) groups is 1. The van der Waals surface area contributed by atoms with Crippen molar-refractivity contribution in [1.29, 1.82) is 0 Å². The van der Waals surface area contributed by atoms with Crippen LogP contribution in [0.1, 0.15) is 36.9 Å². The highest BCUT2D eigenvalue weighted by atomic mass is 16.5. The number of carbonyl (C=O) groups excluding carboxylic acids is 1. The third-order valence-corrected chi connectivity index (χ3v) is 4.77. The average Bonchev–Trinajstić information content (AvgIpc) is 2.65. The van der Waals surface area contributed by atoms with Gasteiger partial charge in [0.05, 0.1) is 12.1 Å². The summed E-state index contributed by atoms with van der Waals surface area (Å²) in [7, 11) is 5.77. The van der Waals surface area contributed by atoms with Gasteiger partial charge in [-0.05, 0) is 38.6 Å². The largest absolute Gasteiger partial charge is 0.384 e. The average molecular weight is 354 g/mol. The molecule has 1 N–H and O–H groups in total. The van der Waals surface area contributed by atoms with Crippen LogP contribution in [0.15, 0.2) is 60.7 Å². The maximum Gasteiger partial charge on any atom is 0.223 e. The van der Waals surface area contributed by atoms with Gasteiger partial charge in [0, 0.05) is 19.6 Å². The summed E-state index contributed by atoms with van der Waals surface area (Å²) in [5, 5.41) is 3.25. The first kappa shape index (κ1) is 20.1. The molecule has 0 saturated carbocycles. The summed E-state index contributed by atoms with van der Waals surface area (Å²) in [5.74, 6) is 0.00349. The molecule has 0 heterocycles. The first-order chi connectivity index (χ1) is 12.5. The summed E-state index contributed by atoms with van der Waals surface area (Å²) in [6.07, 6.45) is 1.13. The molecule has 0 aliphatic rings. The number of hydrogen-bond acceptors (Lipinski definition) is 3. The molecule has 140 valence electrons. The molecule has 2 rings (SSSR count). The molecule has 0 aliphatic carbocycles. The number of methoxy groups -OCH3 is 1. The summed E-state index contributed by atoms with van der Waals surface area (Å²) in [4.78, 5) is 14.7. The zero-order valence-electron chi connectivity index (χ0n) is 16.2. The van der Waals surface area contributed by atoms with Crippen molar-refractivity contribution in [3.63, 3.8) is 0 Å². The molecule has 0 spiro atoms. The van der Waals surface area contributed by atoms with E-state index < -0.39 is 5.54 Å². The lowest BCUT2D eigenvalue weighted by atomic mass is 9.83. The fourth-order valence-electron chi connectivity index (χ4n) is 3.27. The van der Waals surface area contributed by atoms with Crippen LogP contribution in [0, 0.1) is 0 Å². The Bertz CT molecular complexity index is 673. The summed E-state index contributed by atoms with van der Waals surface area (Å²) < 4.78 is 5.05. The second kappa shape index (κ2) is 9.51. The Labute approximate surface area is 157 Å². The van der Waals surface area contributed by atoms with Crippen molar-refractivity contribution in [2.75, 3.05) is 27.8 Å². The Morgan fingerprint density at radius 2 is 1.65 bits per heavy atom. The second-order valence-electron chi connectivity index (χ2n) is 7.08. The van der Waals surface area contributed by atoms with E-state index in [1.165, 1.54) is 5.56 Å². The van der Waals surface area contributed by atoms with Crippen molar-refractivity contribution in [3.8, 4) is 0 Å².